The SMILES string of the molecule is CCc1ccc(N(C(=O)c2snc(C(N)=O)c2N)[C@@H](C(=O)NC[C@H]2CCCO2)c2ccc(C)cc2)cc1. The van der Waals surface area contributed by atoms with Crippen molar-refractivity contribution in [1.29, 1.82) is 0 Å². The molecule has 3 amide bonds. The number of benzene rings is 2. The van der Waals surface area contributed by atoms with Gasteiger partial charge in [0.2, 0.25) is 5.91 Å². The highest BCUT2D eigenvalue weighted by atomic mass is 32.1. The highest BCUT2D eigenvalue weighted by molar-refractivity contribution is 7.09. The predicted octanol–water partition coefficient (Wildman–Crippen LogP) is 3.38. The third-order valence-electron chi connectivity index (χ3n) is 6.42. The van der Waals surface area contributed by atoms with Crippen LogP contribution >= 0.6 is 11.5 Å². The lowest BCUT2D eigenvalue weighted by Gasteiger charge is -2.31. The molecule has 5 N–H and O–H groups in total. The zero-order valence-electron chi connectivity index (χ0n) is 20.9. The molecule has 10 heteroatoms. The van der Waals surface area contributed by atoms with Crippen LogP contribution < -0.4 is 21.7 Å². The summed E-state index contributed by atoms with van der Waals surface area (Å²) in [5.41, 5.74) is 14.5. The summed E-state index contributed by atoms with van der Waals surface area (Å²) < 4.78 is 9.67. The lowest BCUT2D eigenvalue weighted by Crippen LogP contribution is -2.45. The Hall–Kier alpha value is -3.76. The molecule has 0 radical (unpaired) electrons. The summed E-state index contributed by atoms with van der Waals surface area (Å²) in [4.78, 5) is 41.0. The molecule has 0 bridgehead atoms. The second kappa shape index (κ2) is 11.5. The van der Waals surface area contributed by atoms with Gasteiger partial charge in [-0.2, -0.15) is 4.37 Å². The van der Waals surface area contributed by atoms with Crippen LogP contribution in [0.2, 0.25) is 0 Å². The minimum Gasteiger partial charge on any atom is -0.395 e. The van der Waals surface area contributed by atoms with Gasteiger partial charge >= 0.3 is 0 Å². The van der Waals surface area contributed by atoms with Crippen LogP contribution in [0.15, 0.2) is 48.5 Å². The van der Waals surface area contributed by atoms with E-state index in [-0.39, 0.29) is 28.3 Å². The standard InChI is InChI=1S/C27H31N5O4S/c1-3-17-8-12-19(13-9-17)32(27(35)24-21(28)22(25(29)33)31-37-24)23(18-10-6-16(2)7-11-18)26(34)30-15-20-5-4-14-36-20/h6-13,20,23H,3-5,14-15,28H2,1-2H3,(H2,29,33)(H,30,34)/t20-,23-/m1/s1. The smallest absolute Gasteiger partial charge is 0.273 e. The zero-order chi connectivity index (χ0) is 26.5. The first-order valence-corrected chi connectivity index (χ1v) is 13.0. The van der Waals surface area contributed by atoms with E-state index in [4.69, 9.17) is 16.2 Å². The molecule has 1 aliphatic rings. The van der Waals surface area contributed by atoms with Gasteiger partial charge in [-0.3, -0.25) is 19.3 Å². The minimum atomic E-state index is -1.01. The van der Waals surface area contributed by atoms with Gasteiger partial charge < -0.3 is 21.5 Å². The van der Waals surface area contributed by atoms with E-state index in [1.54, 1.807) is 12.1 Å². The van der Waals surface area contributed by atoms with Gasteiger partial charge in [0.25, 0.3) is 11.8 Å². The molecule has 194 valence electrons. The molecule has 0 saturated carbocycles. The first-order chi connectivity index (χ1) is 17.8. The Kier molecular flexibility index (Phi) is 8.20. The highest BCUT2D eigenvalue weighted by Crippen LogP contribution is 2.33. The van der Waals surface area contributed by atoms with Crippen molar-refractivity contribution in [3.63, 3.8) is 0 Å². The summed E-state index contributed by atoms with van der Waals surface area (Å²) in [5.74, 6) is -1.73. The van der Waals surface area contributed by atoms with Crippen molar-refractivity contribution in [3.8, 4) is 0 Å². The Morgan fingerprint density at radius 1 is 1.16 bits per heavy atom. The molecule has 1 saturated heterocycles. The largest absolute Gasteiger partial charge is 0.395 e. The molecule has 37 heavy (non-hydrogen) atoms. The number of carbonyl (C=O) groups is 3. The van der Waals surface area contributed by atoms with Gasteiger partial charge in [0, 0.05) is 18.8 Å². The van der Waals surface area contributed by atoms with E-state index in [0.29, 0.717) is 24.4 Å². The van der Waals surface area contributed by atoms with E-state index < -0.39 is 17.9 Å². The zero-order valence-corrected chi connectivity index (χ0v) is 21.7. The molecule has 0 aliphatic carbocycles. The van der Waals surface area contributed by atoms with E-state index in [1.807, 2.05) is 50.2 Å². The Labute approximate surface area is 220 Å². The van der Waals surface area contributed by atoms with Crippen molar-refractivity contribution in [1.82, 2.24) is 9.69 Å². The fourth-order valence-corrected chi connectivity index (χ4v) is 5.04. The number of amides is 3. The summed E-state index contributed by atoms with van der Waals surface area (Å²) >= 11 is 0.785. The number of nitrogens with one attached hydrogen (secondary N) is 1. The number of rotatable bonds is 9. The maximum Gasteiger partial charge on any atom is 0.273 e. The molecule has 0 spiro atoms. The lowest BCUT2D eigenvalue weighted by atomic mass is 10.0. The fraction of sp³-hybridized carbons (Fsp3) is 0.333. The van der Waals surface area contributed by atoms with E-state index >= 15 is 0 Å². The molecule has 1 aromatic heterocycles. The number of hydrogen-bond donors (Lipinski definition) is 3. The summed E-state index contributed by atoms with van der Waals surface area (Å²) in [6.45, 7) is 5.00. The van der Waals surface area contributed by atoms with E-state index in [2.05, 4.69) is 9.69 Å². The number of aryl methyl sites for hydroxylation is 2. The van der Waals surface area contributed by atoms with Crippen molar-refractivity contribution in [3.05, 3.63) is 75.8 Å². The number of nitrogens with zero attached hydrogens (tertiary/aromatic N) is 2. The first kappa shape index (κ1) is 26.3. The monoisotopic (exact) mass is 521 g/mol. The number of carbonyl (C=O) groups excluding carboxylic acids is 3. The van der Waals surface area contributed by atoms with Gasteiger partial charge in [-0.05, 0) is 61.0 Å². The van der Waals surface area contributed by atoms with E-state index in [9.17, 15) is 14.4 Å². The molecular weight excluding hydrogens is 490 g/mol. The first-order valence-electron chi connectivity index (χ1n) is 12.2. The lowest BCUT2D eigenvalue weighted by molar-refractivity contribution is -0.123. The number of ether oxygens (including phenoxy) is 1. The maximum absolute atomic E-state index is 14.1. The van der Waals surface area contributed by atoms with Crippen molar-refractivity contribution in [2.24, 2.45) is 5.73 Å². The number of nitrogen functional groups attached to an aromatic ring is 1. The van der Waals surface area contributed by atoms with Crippen LogP contribution in [0.1, 0.15) is 62.7 Å². The fourth-order valence-electron chi connectivity index (χ4n) is 4.30. The van der Waals surface area contributed by atoms with Crippen LogP contribution in [0.4, 0.5) is 11.4 Å². The van der Waals surface area contributed by atoms with Crippen molar-refractivity contribution in [2.75, 3.05) is 23.8 Å². The normalized spacial score (nSPS) is 15.8. The van der Waals surface area contributed by atoms with E-state index in [1.165, 1.54) is 4.90 Å². The van der Waals surface area contributed by atoms with Gasteiger partial charge in [0.1, 0.15) is 10.9 Å². The number of hydrogen-bond acceptors (Lipinski definition) is 7. The molecule has 2 heterocycles. The van der Waals surface area contributed by atoms with Gasteiger partial charge in [0.05, 0.1) is 11.8 Å². The molecular formula is C27H31N5O4S. The average Bonchev–Trinajstić information content (AvgIpc) is 3.56. The van der Waals surface area contributed by atoms with Gasteiger partial charge in [0.15, 0.2) is 5.69 Å². The molecule has 2 aromatic carbocycles. The van der Waals surface area contributed by atoms with Gasteiger partial charge in [-0.15, -0.1) is 0 Å². The van der Waals surface area contributed by atoms with Crippen LogP contribution in [0.5, 0.6) is 0 Å². The molecule has 4 rings (SSSR count). The predicted molar refractivity (Wildman–Crippen MR) is 144 cm³/mol. The third kappa shape index (κ3) is 5.81. The molecule has 0 unspecified atom stereocenters. The summed E-state index contributed by atoms with van der Waals surface area (Å²) in [7, 11) is 0. The quantitative estimate of drug-likeness (QED) is 0.394. The summed E-state index contributed by atoms with van der Waals surface area (Å²) in [6.07, 6.45) is 2.57. The molecule has 3 aromatic rings. The number of anilines is 2. The second-order valence-electron chi connectivity index (χ2n) is 9.03. The van der Waals surface area contributed by atoms with Crippen LogP contribution in [0, 0.1) is 6.92 Å². The number of aromatic nitrogens is 1. The molecule has 9 nitrogen and oxygen atoms in total. The molecule has 2 atom stereocenters. The van der Waals surface area contributed by atoms with Gasteiger partial charge in [-0.25, -0.2) is 0 Å². The molecule has 1 aliphatic heterocycles. The van der Waals surface area contributed by atoms with Crippen molar-refractivity contribution >= 4 is 40.6 Å². The number of primary amides is 1. The Balaban J connectivity index is 1.80. The summed E-state index contributed by atoms with van der Waals surface area (Å²) in [6, 6.07) is 13.9. The average molecular weight is 522 g/mol. The maximum atomic E-state index is 14.1. The Bertz CT molecular complexity index is 1270. The van der Waals surface area contributed by atoms with Crippen molar-refractivity contribution < 1.29 is 19.1 Å². The number of nitrogens with two attached hydrogens (primary N) is 2. The molecule has 1 fully saturated rings. The van der Waals surface area contributed by atoms with Gasteiger partial charge in [-0.1, -0.05) is 48.9 Å². The van der Waals surface area contributed by atoms with E-state index in [0.717, 1.165) is 41.9 Å². The highest BCUT2D eigenvalue weighted by Gasteiger charge is 2.36. The van der Waals surface area contributed by atoms with Crippen LogP contribution in [0.3, 0.4) is 0 Å². The Morgan fingerprint density at radius 2 is 1.86 bits per heavy atom. The minimum absolute atomic E-state index is 0.0393. The summed E-state index contributed by atoms with van der Waals surface area (Å²) in [5, 5.41) is 2.98. The Morgan fingerprint density at radius 3 is 2.43 bits per heavy atom. The van der Waals surface area contributed by atoms with Crippen LogP contribution in [0.25, 0.3) is 0 Å². The second-order valence-corrected chi connectivity index (χ2v) is 9.80. The third-order valence-corrected chi connectivity index (χ3v) is 7.28. The van der Waals surface area contributed by atoms with Crippen LogP contribution in [-0.4, -0.2) is 41.4 Å². The van der Waals surface area contributed by atoms with Crippen molar-refractivity contribution in [2.45, 2.75) is 45.3 Å². The van der Waals surface area contributed by atoms with Crippen LogP contribution in [-0.2, 0) is 16.0 Å². The topological polar surface area (TPSA) is 141 Å².